The van der Waals surface area contributed by atoms with Gasteiger partial charge in [-0.2, -0.15) is 0 Å². The maximum absolute atomic E-state index is 10.6. The van der Waals surface area contributed by atoms with E-state index < -0.39 is 6.09 Å². The van der Waals surface area contributed by atoms with E-state index in [-0.39, 0.29) is 6.54 Å². The Kier molecular flexibility index (Phi) is 4.29. The number of thiazole rings is 1. The Morgan fingerprint density at radius 3 is 2.60 bits per heavy atom. The van der Waals surface area contributed by atoms with Crippen LogP contribution in [0.3, 0.4) is 0 Å². The van der Waals surface area contributed by atoms with Gasteiger partial charge in [0.15, 0.2) is 0 Å². The number of hydrogen-bond acceptors (Lipinski definition) is 4. The highest BCUT2D eigenvalue weighted by atomic mass is 32.2. The van der Waals surface area contributed by atoms with Crippen LogP contribution in [0.4, 0.5) is 4.79 Å². The lowest BCUT2D eigenvalue weighted by Gasteiger charge is -2.09. The molecule has 0 aliphatic carbocycles. The molecule has 0 saturated heterocycles. The average Bonchev–Trinajstić information content (AvgIpc) is 3.08. The molecule has 4 nitrogen and oxygen atoms in total. The first-order valence-corrected chi connectivity index (χ1v) is 9.34. The molecule has 0 aliphatic heterocycles. The maximum Gasteiger partial charge on any atom is 0.405 e. The van der Waals surface area contributed by atoms with E-state index in [1.165, 1.54) is 37.8 Å². The van der Waals surface area contributed by atoms with Gasteiger partial charge >= 0.3 is 6.09 Å². The highest BCUT2D eigenvalue weighted by Gasteiger charge is 2.10. The first kappa shape index (κ1) is 15.9. The molecule has 0 aliphatic rings. The minimum Gasteiger partial charge on any atom is -0.465 e. The van der Waals surface area contributed by atoms with Crippen LogP contribution in [0.1, 0.15) is 5.01 Å². The van der Waals surface area contributed by atoms with Crippen molar-refractivity contribution >= 4 is 50.7 Å². The first-order chi connectivity index (χ1) is 12.2. The number of nitrogens with one attached hydrogen (secondary N) is 1. The molecule has 0 unspecified atom stereocenters. The summed E-state index contributed by atoms with van der Waals surface area (Å²) in [6.07, 6.45) is 0.767. The van der Waals surface area contributed by atoms with Crippen molar-refractivity contribution in [2.45, 2.75) is 15.6 Å². The summed E-state index contributed by atoms with van der Waals surface area (Å²) in [5.74, 6) is 0. The van der Waals surface area contributed by atoms with Crippen LogP contribution < -0.4 is 5.32 Å². The summed E-state index contributed by atoms with van der Waals surface area (Å²) in [6.45, 7) is 0.235. The van der Waals surface area contributed by atoms with Crippen LogP contribution in [0.2, 0.25) is 0 Å². The summed E-state index contributed by atoms with van der Waals surface area (Å²) in [7, 11) is 0. The number of aromatic nitrogens is 1. The van der Waals surface area contributed by atoms with Crippen LogP contribution in [-0.2, 0) is 6.54 Å². The van der Waals surface area contributed by atoms with Crippen molar-refractivity contribution < 1.29 is 9.90 Å². The highest BCUT2D eigenvalue weighted by molar-refractivity contribution is 8.01. The van der Waals surface area contributed by atoms with Gasteiger partial charge in [-0.3, -0.25) is 0 Å². The zero-order valence-corrected chi connectivity index (χ0v) is 14.7. The van der Waals surface area contributed by atoms with Gasteiger partial charge in [0, 0.05) is 4.90 Å². The standard InChI is InChI=1S/C19H14N2O2S2/c22-19(23)21-10-17-20-11-18(25-17)24-16-9-12-5-1-2-6-13(12)14-7-3-4-8-15(14)16/h1-9,11,21H,10H2,(H,22,23). The average molecular weight is 366 g/mol. The molecule has 0 bridgehead atoms. The van der Waals surface area contributed by atoms with E-state index in [1.807, 2.05) is 6.07 Å². The second-order valence-electron chi connectivity index (χ2n) is 5.48. The third kappa shape index (κ3) is 3.31. The van der Waals surface area contributed by atoms with Crippen LogP contribution >= 0.6 is 23.1 Å². The third-order valence-corrected chi connectivity index (χ3v) is 6.02. The summed E-state index contributed by atoms with van der Waals surface area (Å²) in [4.78, 5) is 16.1. The number of fused-ring (bicyclic) bond motifs is 3. The molecular weight excluding hydrogens is 352 g/mol. The van der Waals surface area contributed by atoms with E-state index in [2.05, 4.69) is 58.8 Å². The van der Waals surface area contributed by atoms with Crippen LogP contribution in [0.5, 0.6) is 0 Å². The molecule has 0 atom stereocenters. The van der Waals surface area contributed by atoms with Gasteiger partial charge in [-0.15, -0.1) is 11.3 Å². The van der Waals surface area contributed by atoms with Gasteiger partial charge in [0.25, 0.3) is 0 Å². The predicted octanol–water partition coefficient (Wildman–Crippen LogP) is 5.37. The van der Waals surface area contributed by atoms with E-state index in [1.54, 1.807) is 18.0 Å². The molecule has 2 N–H and O–H groups in total. The number of rotatable bonds is 4. The normalized spacial score (nSPS) is 11.0. The summed E-state index contributed by atoms with van der Waals surface area (Å²) in [6, 6.07) is 19.0. The molecule has 3 aromatic carbocycles. The molecule has 25 heavy (non-hydrogen) atoms. The van der Waals surface area contributed by atoms with Gasteiger partial charge in [0.05, 0.1) is 17.0 Å². The Morgan fingerprint density at radius 2 is 1.80 bits per heavy atom. The maximum atomic E-state index is 10.6. The molecule has 6 heteroatoms. The molecular formula is C19H14N2O2S2. The first-order valence-electron chi connectivity index (χ1n) is 7.70. The Balaban J connectivity index is 1.72. The van der Waals surface area contributed by atoms with E-state index in [4.69, 9.17) is 5.11 Å². The molecule has 0 spiro atoms. The van der Waals surface area contributed by atoms with Gasteiger partial charge in [-0.05, 0) is 27.6 Å². The topological polar surface area (TPSA) is 62.2 Å². The third-order valence-electron chi connectivity index (χ3n) is 3.86. The Morgan fingerprint density at radius 1 is 1.08 bits per heavy atom. The highest BCUT2D eigenvalue weighted by Crippen LogP contribution is 2.39. The van der Waals surface area contributed by atoms with E-state index >= 15 is 0 Å². The summed E-state index contributed by atoms with van der Waals surface area (Å²) < 4.78 is 1.04. The van der Waals surface area contributed by atoms with E-state index in [0.29, 0.717) is 0 Å². The van der Waals surface area contributed by atoms with E-state index in [0.717, 1.165) is 9.22 Å². The van der Waals surface area contributed by atoms with Gasteiger partial charge < -0.3 is 10.4 Å². The number of nitrogens with zero attached hydrogens (tertiary/aromatic N) is 1. The van der Waals surface area contributed by atoms with Crippen molar-refractivity contribution in [2.75, 3.05) is 0 Å². The summed E-state index contributed by atoms with van der Waals surface area (Å²) in [5, 5.41) is 16.7. The Labute approximate surface area is 152 Å². The molecule has 4 rings (SSSR count). The fourth-order valence-corrected chi connectivity index (χ4v) is 4.89. The second kappa shape index (κ2) is 6.74. The molecule has 1 heterocycles. The molecule has 0 radical (unpaired) electrons. The number of carbonyl (C=O) groups is 1. The SMILES string of the molecule is O=C(O)NCc1ncc(Sc2cc3ccccc3c3ccccc23)s1. The lowest BCUT2D eigenvalue weighted by atomic mass is 10.0. The Bertz CT molecular complexity index is 1080. The van der Waals surface area contributed by atoms with Gasteiger partial charge in [0.2, 0.25) is 0 Å². The van der Waals surface area contributed by atoms with Crippen molar-refractivity contribution in [1.29, 1.82) is 0 Å². The smallest absolute Gasteiger partial charge is 0.405 e. The fourth-order valence-electron chi connectivity index (χ4n) is 2.79. The van der Waals surface area contributed by atoms with Crippen molar-refractivity contribution in [3.8, 4) is 0 Å². The molecule has 4 aromatic rings. The number of hydrogen-bond donors (Lipinski definition) is 2. The monoisotopic (exact) mass is 366 g/mol. The Hall–Kier alpha value is -2.57. The zero-order valence-electron chi connectivity index (χ0n) is 13.1. The lowest BCUT2D eigenvalue weighted by molar-refractivity contribution is 0.194. The zero-order chi connectivity index (χ0) is 17.2. The van der Waals surface area contributed by atoms with Crippen LogP contribution in [0, 0.1) is 0 Å². The molecule has 124 valence electrons. The molecule has 1 aromatic heterocycles. The second-order valence-corrected chi connectivity index (χ2v) is 7.93. The molecule has 1 amide bonds. The largest absolute Gasteiger partial charge is 0.465 e. The molecule has 0 saturated carbocycles. The minimum atomic E-state index is -1.04. The van der Waals surface area contributed by atoms with Crippen molar-refractivity contribution in [3.63, 3.8) is 0 Å². The van der Waals surface area contributed by atoms with Gasteiger partial charge in [-0.25, -0.2) is 9.78 Å². The summed E-state index contributed by atoms with van der Waals surface area (Å²) in [5.41, 5.74) is 0. The quantitative estimate of drug-likeness (QED) is 0.477. The number of amides is 1. The molecule has 0 fully saturated rings. The minimum absolute atomic E-state index is 0.235. The van der Waals surface area contributed by atoms with Gasteiger partial charge in [-0.1, -0.05) is 60.3 Å². The van der Waals surface area contributed by atoms with Crippen LogP contribution in [-0.4, -0.2) is 16.2 Å². The van der Waals surface area contributed by atoms with Crippen LogP contribution in [0.15, 0.2) is 69.9 Å². The van der Waals surface area contributed by atoms with E-state index in [9.17, 15) is 4.79 Å². The van der Waals surface area contributed by atoms with Gasteiger partial charge in [0.1, 0.15) is 5.01 Å². The predicted molar refractivity (Wildman–Crippen MR) is 103 cm³/mol. The van der Waals surface area contributed by atoms with Crippen molar-refractivity contribution in [1.82, 2.24) is 10.3 Å². The number of carboxylic acid groups (broad SMARTS) is 1. The van der Waals surface area contributed by atoms with Crippen molar-refractivity contribution in [3.05, 3.63) is 65.8 Å². The fraction of sp³-hybridized carbons (Fsp3) is 0.0526. The number of benzene rings is 3. The lowest BCUT2D eigenvalue weighted by Crippen LogP contribution is -2.19. The van der Waals surface area contributed by atoms with Crippen molar-refractivity contribution in [2.24, 2.45) is 0 Å². The summed E-state index contributed by atoms with van der Waals surface area (Å²) >= 11 is 3.18. The van der Waals surface area contributed by atoms with Crippen LogP contribution in [0.25, 0.3) is 21.5 Å².